The number of rotatable bonds is 7. The van der Waals surface area contributed by atoms with Crippen LogP contribution in [0.5, 0.6) is 11.5 Å². The van der Waals surface area contributed by atoms with E-state index in [2.05, 4.69) is 5.32 Å². The highest BCUT2D eigenvalue weighted by molar-refractivity contribution is 7.92. The average Bonchev–Trinajstić information content (AvgIpc) is 2.63. The first-order valence-corrected chi connectivity index (χ1v) is 10.5. The van der Waals surface area contributed by atoms with E-state index >= 15 is 0 Å². The Balaban J connectivity index is 2.39. The molecule has 1 amide bonds. The highest BCUT2D eigenvalue weighted by Crippen LogP contribution is 2.30. The number of methoxy groups -OCH3 is 2. The van der Waals surface area contributed by atoms with Crippen LogP contribution in [0.2, 0.25) is 0 Å². The van der Waals surface area contributed by atoms with Crippen LogP contribution in [-0.4, -0.2) is 40.8 Å². The van der Waals surface area contributed by atoms with Crippen LogP contribution < -0.4 is 19.1 Å². The summed E-state index contributed by atoms with van der Waals surface area (Å²) in [4.78, 5) is 12.9. The summed E-state index contributed by atoms with van der Waals surface area (Å²) in [5, 5.41) is 2.74. The maximum atomic E-state index is 12.9. The van der Waals surface area contributed by atoms with Crippen LogP contribution in [0.15, 0.2) is 36.4 Å². The minimum absolute atomic E-state index is 0.414. The molecule has 7 nitrogen and oxygen atoms in total. The SMILES string of the molecule is COc1ccc(NC(=O)[C@@H](C)N(c2cc(C)ccc2C)S(C)(=O)=O)c(OC)c1. The van der Waals surface area contributed by atoms with Gasteiger partial charge in [-0.2, -0.15) is 0 Å². The summed E-state index contributed by atoms with van der Waals surface area (Å²) < 4.78 is 36.6. The third kappa shape index (κ3) is 4.75. The van der Waals surface area contributed by atoms with Gasteiger partial charge in [0.15, 0.2) is 0 Å². The molecule has 0 radical (unpaired) electrons. The predicted octanol–water partition coefficient (Wildman–Crippen LogP) is 3.11. The molecular weight excluding hydrogens is 380 g/mol. The molecule has 0 aliphatic carbocycles. The van der Waals surface area contributed by atoms with Gasteiger partial charge in [0, 0.05) is 6.07 Å². The molecule has 0 heterocycles. The van der Waals surface area contributed by atoms with Crippen molar-refractivity contribution in [3.05, 3.63) is 47.5 Å². The van der Waals surface area contributed by atoms with Crippen molar-refractivity contribution in [3.63, 3.8) is 0 Å². The van der Waals surface area contributed by atoms with Gasteiger partial charge in [-0.1, -0.05) is 12.1 Å². The van der Waals surface area contributed by atoms with E-state index < -0.39 is 22.0 Å². The zero-order valence-corrected chi connectivity index (χ0v) is 17.8. The molecule has 2 aromatic carbocycles. The first kappa shape index (κ1) is 21.6. The zero-order chi connectivity index (χ0) is 21.1. The predicted molar refractivity (Wildman–Crippen MR) is 111 cm³/mol. The van der Waals surface area contributed by atoms with Crippen molar-refractivity contribution in [2.45, 2.75) is 26.8 Å². The number of carbonyl (C=O) groups is 1. The lowest BCUT2D eigenvalue weighted by Gasteiger charge is -2.30. The van der Waals surface area contributed by atoms with Crippen LogP contribution in [-0.2, 0) is 14.8 Å². The van der Waals surface area contributed by atoms with Gasteiger partial charge in [0.25, 0.3) is 0 Å². The average molecular weight is 407 g/mol. The molecule has 2 aromatic rings. The lowest BCUT2D eigenvalue weighted by molar-refractivity contribution is -0.116. The van der Waals surface area contributed by atoms with Crippen molar-refractivity contribution in [2.75, 3.05) is 30.1 Å². The fourth-order valence-electron chi connectivity index (χ4n) is 2.88. The molecule has 2 rings (SSSR count). The van der Waals surface area contributed by atoms with E-state index in [0.717, 1.165) is 21.7 Å². The highest BCUT2D eigenvalue weighted by Gasteiger charge is 2.30. The Labute approximate surface area is 166 Å². The molecule has 0 aliphatic rings. The number of hydrogen-bond acceptors (Lipinski definition) is 5. The lowest BCUT2D eigenvalue weighted by Crippen LogP contribution is -2.45. The number of aryl methyl sites for hydroxylation is 2. The van der Waals surface area contributed by atoms with E-state index in [4.69, 9.17) is 9.47 Å². The maximum absolute atomic E-state index is 12.9. The fraction of sp³-hybridized carbons (Fsp3) is 0.350. The van der Waals surface area contributed by atoms with E-state index in [9.17, 15) is 13.2 Å². The number of benzene rings is 2. The molecule has 0 bridgehead atoms. The van der Waals surface area contributed by atoms with Gasteiger partial charge >= 0.3 is 0 Å². The summed E-state index contributed by atoms with van der Waals surface area (Å²) in [5.41, 5.74) is 2.57. The normalized spacial score (nSPS) is 12.2. The largest absolute Gasteiger partial charge is 0.497 e. The topological polar surface area (TPSA) is 84.9 Å². The van der Waals surface area contributed by atoms with Crippen LogP contribution in [0.1, 0.15) is 18.1 Å². The molecule has 0 unspecified atom stereocenters. The molecule has 0 saturated carbocycles. The number of anilines is 2. The molecule has 0 spiro atoms. The summed E-state index contributed by atoms with van der Waals surface area (Å²) >= 11 is 0. The van der Waals surface area contributed by atoms with Crippen LogP contribution in [0, 0.1) is 13.8 Å². The molecular formula is C20H26N2O5S. The van der Waals surface area contributed by atoms with E-state index in [1.807, 2.05) is 26.0 Å². The number of sulfonamides is 1. The van der Waals surface area contributed by atoms with E-state index in [-0.39, 0.29) is 0 Å². The summed E-state index contributed by atoms with van der Waals surface area (Å²) in [5.74, 6) is 0.517. The molecule has 1 N–H and O–H groups in total. The maximum Gasteiger partial charge on any atom is 0.248 e. The number of amides is 1. The first-order chi connectivity index (χ1) is 13.1. The fourth-order valence-corrected chi connectivity index (χ4v) is 4.10. The Bertz CT molecular complexity index is 973. The Hall–Kier alpha value is -2.74. The summed E-state index contributed by atoms with van der Waals surface area (Å²) in [6.45, 7) is 5.23. The minimum atomic E-state index is -3.70. The second kappa shape index (κ2) is 8.52. The number of carbonyl (C=O) groups excluding carboxylic acids is 1. The van der Waals surface area contributed by atoms with E-state index in [0.29, 0.717) is 22.9 Å². The Morgan fingerprint density at radius 1 is 1.07 bits per heavy atom. The lowest BCUT2D eigenvalue weighted by atomic mass is 10.1. The smallest absolute Gasteiger partial charge is 0.248 e. The number of nitrogens with zero attached hydrogens (tertiary/aromatic N) is 1. The summed E-state index contributed by atoms with van der Waals surface area (Å²) in [6.07, 6.45) is 1.09. The summed E-state index contributed by atoms with van der Waals surface area (Å²) in [7, 11) is -0.689. The number of hydrogen-bond donors (Lipinski definition) is 1. The third-order valence-electron chi connectivity index (χ3n) is 4.36. The Morgan fingerprint density at radius 3 is 2.32 bits per heavy atom. The van der Waals surface area contributed by atoms with Crippen molar-refractivity contribution in [2.24, 2.45) is 0 Å². The van der Waals surface area contributed by atoms with E-state index in [1.165, 1.54) is 14.2 Å². The second-order valence-electron chi connectivity index (χ2n) is 6.58. The Morgan fingerprint density at radius 2 is 1.75 bits per heavy atom. The van der Waals surface area contributed by atoms with Crippen molar-refractivity contribution >= 4 is 27.3 Å². The van der Waals surface area contributed by atoms with Gasteiger partial charge in [0.1, 0.15) is 17.5 Å². The van der Waals surface area contributed by atoms with Gasteiger partial charge < -0.3 is 14.8 Å². The van der Waals surface area contributed by atoms with Gasteiger partial charge in [-0.25, -0.2) is 8.42 Å². The van der Waals surface area contributed by atoms with Gasteiger partial charge in [-0.15, -0.1) is 0 Å². The molecule has 0 aromatic heterocycles. The molecule has 8 heteroatoms. The minimum Gasteiger partial charge on any atom is -0.497 e. The van der Waals surface area contributed by atoms with E-state index in [1.54, 1.807) is 31.2 Å². The highest BCUT2D eigenvalue weighted by atomic mass is 32.2. The molecule has 1 atom stereocenters. The van der Waals surface area contributed by atoms with Crippen molar-refractivity contribution in [1.82, 2.24) is 0 Å². The van der Waals surface area contributed by atoms with Crippen LogP contribution in [0.4, 0.5) is 11.4 Å². The number of nitrogens with one attached hydrogen (secondary N) is 1. The second-order valence-corrected chi connectivity index (χ2v) is 8.44. The van der Waals surface area contributed by atoms with Gasteiger partial charge in [0.05, 0.1) is 31.9 Å². The standard InChI is InChI=1S/C20H26N2O5S/c1-13-7-8-14(2)18(11-13)22(28(6,24)25)15(3)20(23)21-17-10-9-16(26-4)12-19(17)27-5/h7-12,15H,1-6H3,(H,21,23)/t15-/m1/s1. The van der Waals surface area contributed by atoms with Crippen LogP contribution >= 0.6 is 0 Å². The zero-order valence-electron chi connectivity index (χ0n) is 16.9. The molecule has 0 aliphatic heterocycles. The molecule has 28 heavy (non-hydrogen) atoms. The molecule has 152 valence electrons. The van der Waals surface area contributed by atoms with Crippen LogP contribution in [0.25, 0.3) is 0 Å². The van der Waals surface area contributed by atoms with Crippen molar-refractivity contribution in [3.8, 4) is 11.5 Å². The Kier molecular flexibility index (Phi) is 6.56. The number of ether oxygens (including phenoxy) is 2. The van der Waals surface area contributed by atoms with Crippen molar-refractivity contribution in [1.29, 1.82) is 0 Å². The van der Waals surface area contributed by atoms with Gasteiger partial charge in [-0.3, -0.25) is 9.10 Å². The first-order valence-electron chi connectivity index (χ1n) is 8.68. The molecule has 0 fully saturated rings. The van der Waals surface area contributed by atoms with Gasteiger partial charge in [-0.05, 0) is 50.1 Å². The summed E-state index contributed by atoms with van der Waals surface area (Å²) in [6, 6.07) is 9.48. The monoisotopic (exact) mass is 406 g/mol. The quantitative estimate of drug-likeness (QED) is 0.764. The third-order valence-corrected chi connectivity index (χ3v) is 5.58. The van der Waals surface area contributed by atoms with Crippen molar-refractivity contribution < 1.29 is 22.7 Å². The van der Waals surface area contributed by atoms with Gasteiger partial charge in [0.2, 0.25) is 15.9 Å². The van der Waals surface area contributed by atoms with Crippen LogP contribution in [0.3, 0.4) is 0 Å². The molecule has 0 saturated heterocycles.